The number of fused-ring (bicyclic) bond motifs is 1. The minimum Gasteiger partial charge on any atom is -0.337 e. The molecule has 1 aromatic carbocycles. The average molecular weight is 266 g/mol. The van der Waals surface area contributed by atoms with Gasteiger partial charge in [-0.15, -0.1) is 0 Å². The summed E-state index contributed by atoms with van der Waals surface area (Å²) in [7, 11) is 0. The minimum atomic E-state index is -0.0938. The third-order valence-electron chi connectivity index (χ3n) is 2.69. The second-order valence-electron chi connectivity index (χ2n) is 3.71. The molecule has 2 rings (SSSR count). The number of rotatable bonds is 2. The second-order valence-corrected chi connectivity index (χ2v) is 4.63. The number of carbonyl (C=O) groups is 1. The molecule has 0 saturated carbocycles. The second kappa shape index (κ2) is 3.81. The monoisotopic (exact) mass is 265 g/mol. The first-order valence-electron chi connectivity index (χ1n) is 4.86. The van der Waals surface area contributed by atoms with Crippen LogP contribution in [0.4, 0.5) is 0 Å². The first-order valence-corrected chi connectivity index (χ1v) is 5.65. The third kappa shape index (κ3) is 1.84. The molecule has 0 aliphatic heterocycles. The lowest BCUT2D eigenvalue weighted by Crippen LogP contribution is -2.11. The zero-order valence-corrected chi connectivity index (χ0v) is 10.3. The minimum absolute atomic E-state index is 0.0938. The fourth-order valence-corrected chi connectivity index (χ4v) is 2.05. The molecule has 1 unspecified atom stereocenters. The maximum Gasteiger partial charge on any atom is 0.152 e. The zero-order chi connectivity index (χ0) is 11.0. The Hall–Kier alpha value is -1.09. The maximum atomic E-state index is 11.3. The van der Waals surface area contributed by atoms with Crippen LogP contribution in [-0.2, 0) is 4.79 Å². The average Bonchev–Trinajstić information content (AvgIpc) is 2.59. The van der Waals surface area contributed by atoms with Gasteiger partial charge in [-0.3, -0.25) is 4.79 Å². The first-order chi connectivity index (χ1) is 7.09. The van der Waals surface area contributed by atoms with Crippen LogP contribution in [0, 0.1) is 0 Å². The number of Topliss-reactive ketones (excluding diaryl/α,β-unsaturated/α-hetero) is 1. The van der Waals surface area contributed by atoms with Crippen LogP contribution in [0.25, 0.3) is 10.9 Å². The zero-order valence-electron chi connectivity index (χ0n) is 8.70. The van der Waals surface area contributed by atoms with Crippen molar-refractivity contribution in [2.45, 2.75) is 19.9 Å². The Balaban J connectivity index is 2.59. The van der Waals surface area contributed by atoms with Crippen molar-refractivity contribution in [1.82, 2.24) is 4.57 Å². The lowest BCUT2D eigenvalue weighted by atomic mass is 10.2. The van der Waals surface area contributed by atoms with Crippen molar-refractivity contribution >= 4 is 32.6 Å². The predicted molar refractivity (Wildman–Crippen MR) is 65.0 cm³/mol. The van der Waals surface area contributed by atoms with Crippen LogP contribution in [0.2, 0.25) is 0 Å². The number of carbonyl (C=O) groups excluding carboxylic acids is 1. The summed E-state index contributed by atoms with van der Waals surface area (Å²) in [6.07, 6.45) is 1.96. The maximum absolute atomic E-state index is 11.3. The van der Waals surface area contributed by atoms with Gasteiger partial charge in [-0.25, -0.2) is 0 Å². The van der Waals surface area contributed by atoms with E-state index in [1.807, 2.05) is 35.9 Å². The Kier molecular flexibility index (Phi) is 2.65. The van der Waals surface area contributed by atoms with Crippen LogP contribution in [0.5, 0.6) is 0 Å². The van der Waals surface area contributed by atoms with Crippen LogP contribution in [-0.4, -0.2) is 10.4 Å². The lowest BCUT2D eigenvalue weighted by Gasteiger charge is -2.11. The van der Waals surface area contributed by atoms with Crippen LogP contribution in [0.3, 0.4) is 0 Å². The Morgan fingerprint density at radius 2 is 2.13 bits per heavy atom. The molecule has 15 heavy (non-hydrogen) atoms. The highest BCUT2D eigenvalue weighted by Gasteiger charge is 2.11. The highest BCUT2D eigenvalue weighted by atomic mass is 79.9. The number of ketones is 1. The molecule has 2 nitrogen and oxygen atoms in total. The van der Waals surface area contributed by atoms with Crippen molar-refractivity contribution < 1.29 is 4.79 Å². The number of aromatic nitrogens is 1. The van der Waals surface area contributed by atoms with Crippen LogP contribution in [0.1, 0.15) is 19.9 Å². The molecular formula is C12H12BrNO. The molecule has 0 aliphatic carbocycles. The van der Waals surface area contributed by atoms with E-state index >= 15 is 0 Å². The summed E-state index contributed by atoms with van der Waals surface area (Å²) in [5, 5.41) is 1.15. The number of halogens is 1. The standard InChI is InChI=1S/C12H12BrNO/c1-8(9(2)15)14-6-5-10-7-11(13)3-4-12(10)14/h3-8H,1-2H3. The topological polar surface area (TPSA) is 22.0 Å². The van der Waals surface area contributed by atoms with E-state index < -0.39 is 0 Å². The SMILES string of the molecule is CC(=O)C(C)n1ccc2cc(Br)ccc21. The van der Waals surface area contributed by atoms with Gasteiger partial charge in [0, 0.05) is 21.6 Å². The molecule has 0 saturated heterocycles. The smallest absolute Gasteiger partial charge is 0.152 e. The predicted octanol–water partition coefficient (Wildman–Crippen LogP) is 3.55. The molecule has 0 aliphatic rings. The van der Waals surface area contributed by atoms with Crippen molar-refractivity contribution in [2.24, 2.45) is 0 Å². The van der Waals surface area contributed by atoms with Crippen molar-refractivity contribution in [2.75, 3.05) is 0 Å². The summed E-state index contributed by atoms with van der Waals surface area (Å²) >= 11 is 3.43. The largest absolute Gasteiger partial charge is 0.337 e. The van der Waals surface area contributed by atoms with E-state index in [1.165, 1.54) is 0 Å². The van der Waals surface area contributed by atoms with Crippen molar-refractivity contribution in [3.63, 3.8) is 0 Å². The Labute approximate surface area is 97.0 Å². The van der Waals surface area contributed by atoms with E-state index in [0.29, 0.717) is 0 Å². The molecule has 0 N–H and O–H groups in total. The number of benzene rings is 1. The Morgan fingerprint density at radius 3 is 2.80 bits per heavy atom. The molecular weight excluding hydrogens is 254 g/mol. The molecule has 0 amide bonds. The molecule has 0 fully saturated rings. The Morgan fingerprint density at radius 1 is 1.40 bits per heavy atom. The summed E-state index contributed by atoms with van der Waals surface area (Å²) in [6.45, 7) is 3.54. The van der Waals surface area contributed by atoms with E-state index in [4.69, 9.17) is 0 Å². The van der Waals surface area contributed by atoms with E-state index in [1.54, 1.807) is 6.92 Å². The van der Waals surface area contributed by atoms with Gasteiger partial charge < -0.3 is 4.57 Å². The molecule has 0 radical (unpaired) electrons. The van der Waals surface area contributed by atoms with Crippen molar-refractivity contribution in [3.8, 4) is 0 Å². The van der Waals surface area contributed by atoms with Crippen molar-refractivity contribution in [3.05, 3.63) is 34.9 Å². The summed E-state index contributed by atoms with van der Waals surface area (Å²) in [4.78, 5) is 11.3. The van der Waals surface area contributed by atoms with E-state index in [9.17, 15) is 4.79 Å². The highest BCUT2D eigenvalue weighted by Crippen LogP contribution is 2.23. The summed E-state index contributed by atoms with van der Waals surface area (Å²) in [5.41, 5.74) is 1.10. The summed E-state index contributed by atoms with van der Waals surface area (Å²) < 4.78 is 3.06. The normalized spacial score (nSPS) is 13.0. The summed E-state index contributed by atoms with van der Waals surface area (Å²) in [6, 6.07) is 8.01. The van der Waals surface area contributed by atoms with Gasteiger partial charge in [0.1, 0.15) is 0 Å². The number of nitrogens with zero attached hydrogens (tertiary/aromatic N) is 1. The first kappa shape index (κ1) is 10.4. The van der Waals surface area contributed by atoms with Gasteiger partial charge in [-0.2, -0.15) is 0 Å². The molecule has 0 bridgehead atoms. The van der Waals surface area contributed by atoms with Crippen LogP contribution < -0.4 is 0 Å². The molecule has 3 heteroatoms. The molecule has 1 heterocycles. The van der Waals surface area contributed by atoms with E-state index in [0.717, 1.165) is 15.4 Å². The van der Waals surface area contributed by atoms with Gasteiger partial charge >= 0.3 is 0 Å². The van der Waals surface area contributed by atoms with Gasteiger partial charge in [0.15, 0.2) is 5.78 Å². The molecule has 1 atom stereocenters. The van der Waals surface area contributed by atoms with Gasteiger partial charge in [-0.05, 0) is 38.1 Å². The molecule has 1 aromatic heterocycles. The van der Waals surface area contributed by atoms with Crippen LogP contribution in [0.15, 0.2) is 34.9 Å². The number of hydrogen-bond acceptors (Lipinski definition) is 1. The molecule has 2 aromatic rings. The van der Waals surface area contributed by atoms with Gasteiger partial charge in [-0.1, -0.05) is 15.9 Å². The quantitative estimate of drug-likeness (QED) is 0.814. The fourth-order valence-electron chi connectivity index (χ4n) is 1.67. The fraction of sp³-hybridized carbons (Fsp3) is 0.250. The van der Waals surface area contributed by atoms with E-state index in [2.05, 4.69) is 22.0 Å². The highest BCUT2D eigenvalue weighted by molar-refractivity contribution is 9.10. The van der Waals surface area contributed by atoms with E-state index in [-0.39, 0.29) is 11.8 Å². The van der Waals surface area contributed by atoms with Gasteiger partial charge in [0.05, 0.1) is 6.04 Å². The van der Waals surface area contributed by atoms with Crippen LogP contribution >= 0.6 is 15.9 Å². The molecule has 0 spiro atoms. The van der Waals surface area contributed by atoms with Gasteiger partial charge in [0.25, 0.3) is 0 Å². The van der Waals surface area contributed by atoms with Crippen molar-refractivity contribution in [1.29, 1.82) is 0 Å². The summed E-state index contributed by atoms with van der Waals surface area (Å²) in [5.74, 6) is 0.176. The number of hydrogen-bond donors (Lipinski definition) is 0. The third-order valence-corrected chi connectivity index (χ3v) is 3.18. The molecule has 78 valence electrons. The van der Waals surface area contributed by atoms with Gasteiger partial charge in [0.2, 0.25) is 0 Å². The lowest BCUT2D eigenvalue weighted by molar-refractivity contribution is -0.119. The Bertz CT molecular complexity index is 515.